The molecule has 6 nitrogen and oxygen atoms in total. The van der Waals surface area contributed by atoms with Gasteiger partial charge in [0.25, 0.3) is 0 Å². The summed E-state index contributed by atoms with van der Waals surface area (Å²) in [5, 5.41) is 9.29. The number of carbonyl (C=O) groups excluding carboxylic acids is 1. The van der Waals surface area contributed by atoms with E-state index in [1.54, 1.807) is 6.07 Å². The predicted octanol–water partition coefficient (Wildman–Crippen LogP) is 1.71. The van der Waals surface area contributed by atoms with E-state index in [0.717, 1.165) is 12.2 Å². The number of carboxylic acids is 1. The van der Waals surface area contributed by atoms with Crippen LogP contribution in [0.25, 0.3) is 0 Å². The van der Waals surface area contributed by atoms with Gasteiger partial charge in [0, 0.05) is 25.3 Å². The highest BCUT2D eigenvalue weighted by atomic mass is 32.2. The highest BCUT2D eigenvalue weighted by Crippen LogP contribution is 2.22. The Balaban J connectivity index is 1.65. The fourth-order valence-electron chi connectivity index (χ4n) is 1.88. The van der Waals surface area contributed by atoms with Crippen LogP contribution in [0.4, 0.5) is 0 Å². The Morgan fingerprint density at radius 3 is 2.70 bits per heavy atom. The van der Waals surface area contributed by atoms with Crippen LogP contribution in [0.3, 0.4) is 0 Å². The molecule has 2 rings (SSSR count). The molecule has 0 saturated carbocycles. The van der Waals surface area contributed by atoms with E-state index < -0.39 is 5.97 Å². The van der Waals surface area contributed by atoms with E-state index in [9.17, 15) is 9.59 Å². The van der Waals surface area contributed by atoms with Gasteiger partial charge < -0.3 is 19.2 Å². The van der Waals surface area contributed by atoms with Gasteiger partial charge in [-0.05, 0) is 18.6 Å². The number of amides is 1. The van der Waals surface area contributed by atoms with Crippen LogP contribution in [0.5, 0.6) is 0 Å². The van der Waals surface area contributed by atoms with Crippen molar-refractivity contribution < 1.29 is 23.8 Å². The normalized spacial score (nSPS) is 15.3. The molecule has 0 unspecified atom stereocenters. The van der Waals surface area contributed by atoms with E-state index in [1.165, 1.54) is 17.8 Å². The minimum absolute atomic E-state index is 0.0584. The molecule has 1 aromatic rings. The fraction of sp³-hybridized carbons (Fsp3) is 0.538. The van der Waals surface area contributed by atoms with Gasteiger partial charge >= 0.3 is 5.97 Å². The van der Waals surface area contributed by atoms with E-state index in [4.69, 9.17) is 14.3 Å². The number of hydrogen-bond donors (Lipinski definition) is 1. The van der Waals surface area contributed by atoms with Crippen LogP contribution in [0, 0.1) is 0 Å². The monoisotopic (exact) mass is 299 g/mol. The topological polar surface area (TPSA) is 80.0 Å². The van der Waals surface area contributed by atoms with Crippen molar-refractivity contribution in [3.8, 4) is 0 Å². The molecule has 0 bridgehead atoms. The quantitative estimate of drug-likeness (QED) is 0.636. The minimum atomic E-state index is -1.07. The number of nitrogens with zero attached hydrogens (tertiary/aromatic N) is 1. The van der Waals surface area contributed by atoms with E-state index in [-0.39, 0.29) is 11.7 Å². The zero-order valence-electron chi connectivity index (χ0n) is 11.0. The van der Waals surface area contributed by atoms with Gasteiger partial charge in [0.1, 0.15) is 0 Å². The Morgan fingerprint density at radius 1 is 1.30 bits per heavy atom. The molecular weight excluding hydrogens is 282 g/mol. The molecule has 1 N–H and O–H groups in total. The minimum Gasteiger partial charge on any atom is -0.475 e. The molecule has 110 valence electrons. The molecule has 1 aromatic heterocycles. The van der Waals surface area contributed by atoms with Gasteiger partial charge in [0.2, 0.25) is 11.7 Å². The van der Waals surface area contributed by atoms with Crippen LogP contribution in [-0.4, -0.2) is 53.9 Å². The standard InChI is InChI=1S/C13H17NO5S/c15-11(14-5-7-18-8-6-14)2-1-9-20-12-4-3-10(19-12)13(16)17/h3-4H,1-2,5-9H2,(H,16,17). The first-order chi connectivity index (χ1) is 9.66. The summed E-state index contributed by atoms with van der Waals surface area (Å²) in [5.41, 5.74) is 0. The summed E-state index contributed by atoms with van der Waals surface area (Å²) >= 11 is 1.42. The lowest BCUT2D eigenvalue weighted by Crippen LogP contribution is -2.40. The Morgan fingerprint density at radius 2 is 2.05 bits per heavy atom. The first-order valence-corrected chi connectivity index (χ1v) is 7.47. The molecule has 7 heteroatoms. The number of hydrogen-bond acceptors (Lipinski definition) is 5. The smallest absolute Gasteiger partial charge is 0.371 e. The maximum absolute atomic E-state index is 11.9. The van der Waals surface area contributed by atoms with Gasteiger partial charge in [0.05, 0.1) is 13.2 Å². The van der Waals surface area contributed by atoms with Crippen molar-refractivity contribution in [3.05, 3.63) is 17.9 Å². The first kappa shape index (κ1) is 14.9. The van der Waals surface area contributed by atoms with Gasteiger partial charge in [-0.3, -0.25) is 4.79 Å². The fourth-order valence-corrected chi connectivity index (χ4v) is 2.68. The first-order valence-electron chi connectivity index (χ1n) is 6.48. The largest absolute Gasteiger partial charge is 0.475 e. The highest BCUT2D eigenvalue weighted by molar-refractivity contribution is 7.99. The zero-order valence-corrected chi connectivity index (χ0v) is 11.9. The lowest BCUT2D eigenvalue weighted by Gasteiger charge is -2.26. The van der Waals surface area contributed by atoms with Gasteiger partial charge in [0.15, 0.2) is 5.09 Å². The number of aromatic carboxylic acids is 1. The van der Waals surface area contributed by atoms with E-state index in [1.807, 2.05) is 4.90 Å². The lowest BCUT2D eigenvalue weighted by atomic mass is 10.3. The second-order valence-corrected chi connectivity index (χ2v) is 5.47. The Bertz CT molecular complexity index is 467. The highest BCUT2D eigenvalue weighted by Gasteiger charge is 2.16. The number of carbonyl (C=O) groups is 2. The third kappa shape index (κ3) is 4.28. The predicted molar refractivity (Wildman–Crippen MR) is 73.0 cm³/mol. The second kappa shape index (κ2) is 7.35. The molecule has 1 saturated heterocycles. The molecule has 0 spiro atoms. The molecule has 1 amide bonds. The van der Waals surface area contributed by atoms with Crippen LogP contribution in [0.15, 0.2) is 21.6 Å². The molecule has 1 aliphatic rings. The van der Waals surface area contributed by atoms with Crippen LogP contribution in [0.1, 0.15) is 23.4 Å². The summed E-state index contributed by atoms with van der Waals surface area (Å²) in [5.74, 6) is -0.251. The van der Waals surface area contributed by atoms with Gasteiger partial charge in [-0.15, -0.1) is 0 Å². The third-order valence-electron chi connectivity index (χ3n) is 2.94. The van der Waals surface area contributed by atoms with Gasteiger partial charge in [-0.25, -0.2) is 4.79 Å². The maximum Gasteiger partial charge on any atom is 0.371 e. The van der Waals surface area contributed by atoms with Crippen molar-refractivity contribution in [3.63, 3.8) is 0 Å². The number of carboxylic acid groups (broad SMARTS) is 1. The number of morpholine rings is 1. The van der Waals surface area contributed by atoms with Crippen molar-refractivity contribution in [1.82, 2.24) is 4.90 Å². The van der Waals surface area contributed by atoms with Crippen LogP contribution in [-0.2, 0) is 9.53 Å². The van der Waals surface area contributed by atoms with E-state index in [2.05, 4.69) is 0 Å². The van der Waals surface area contributed by atoms with Crippen molar-refractivity contribution in [2.75, 3.05) is 32.1 Å². The summed E-state index contributed by atoms with van der Waals surface area (Å²) in [6.45, 7) is 2.58. The third-order valence-corrected chi connectivity index (χ3v) is 3.93. The van der Waals surface area contributed by atoms with E-state index in [0.29, 0.717) is 37.8 Å². The summed E-state index contributed by atoms with van der Waals surface area (Å²) in [4.78, 5) is 24.3. The summed E-state index contributed by atoms with van der Waals surface area (Å²) in [7, 11) is 0. The summed E-state index contributed by atoms with van der Waals surface area (Å²) in [6.07, 6.45) is 1.24. The Hall–Kier alpha value is -1.47. The van der Waals surface area contributed by atoms with Gasteiger partial charge in [-0.1, -0.05) is 11.8 Å². The van der Waals surface area contributed by atoms with Crippen LogP contribution >= 0.6 is 11.8 Å². The number of ether oxygens (including phenoxy) is 1. The van der Waals surface area contributed by atoms with Gasteiger partial charge in [-0.2, -0.15) is 0 Å². The molecule has 0 radical (unpaired) electrons. The second-order valence-electron chi connectivity index (χ2n) is 4.37. The number of rotatable bonds is 6. The zero-order chi connectivity index (χ0) is 14.4. The Kier molecular flexibility index (Phi) is 5.49. The van der Waals surface area contributed by atoms with E-state index >= 15 is 0 Å². The van der Waals surface area contributed by atoms with Crippen molar-refractivity contribution in [2.45, 2.75) is 17.9 Å². The molecular formula is C13H17NO5S. The molecule has 0 aliphatic carbocycles. The molecule has 1 fully saturated rings. The SMILES string of the molecule is O=C(O)c1ccc(SCCCC(=O)N2CCOCC2)o1. The number of furan rings is 1. The number of thioether (sulfide) groups is 1. The van der Waals surface area contributed by atoms with Crippen LogP contribution in [0.2, 0.25) is 0 Å². The van der Waals surface area contributed by atoms with Crippen molar-refractivity contribution in [1.29, 1.82) is 0 Å². The molecule has 0 atom stereocenters. The van der Waals surface area contributed by atoms with Crippen molar-refractivity contribution >= 4 is 23.6 Å². The maximum atomic E-state index is 11.9. The average molecular weight is 299 g/mol. The molecule has 20 heavy (non-hydrogen) atoms. The van der Waals surface area contributed by atoms with Crippen LogP contribution < -0.4 is 0 Å². The van der Waals surface area contributed by atoms with Crippen molar-refractivity contribution in [2.24, 2.45) is 0 Å². The molecule has 2 heterocycles. The summed E-state index contributed by atoms with van der Waals surface area (Å²) in [6, 6.07) is 3.07. The molecule has 1 aliphatic heterocycles. The lowest BCUT2D eigenvalue weighted by molar-refractivity contribution is -0.135. The molecule has 0 aromatic carbocycles. The summed E-state index contributed by atoms with van der Waals surface area (Å²) < 4.78 is 10.3. The Labute approximate surface area is 121 Å². The average Bonchev–Trinajstić information content (AvgIpc) is 2.93.